The van der Waals surface area contributed by atoms with Crippen molar-refractivity contribution < 1.29 is 23.9 Å². The molecule has 0 spiro atoms. The molecule has 3 heterocycles. The molecule has 2 unspecified atom stereocenters. The number of carbonyl (C=O) groups excluding carboxylic acids is 2. The summed E-state index contributed by atoms with van der Waals surface area (Å²) in [4.78, 5) is 37.7. The maximum absolute atomic E-state index is 12.4. The molecule has 10 nitrogen and oxygen atoms in total. The lowest BCUT2D eigenvalue weighted by atomic mass is 9.89. The molecule has 1 aromatic heterocycles. The van der Waals surface area contributed by atoms with Crippen LogP contribution in [0, 0.1) is 12.3 Å². The lowest BCUT2D eigenvalue weighted by Crippen LogP contribution is -2.74. The van der Waals surface area contributed by atoms with E-state index in [1.807, 2.05) is 6.92 Å². The molecule has 3 rings (SSSR count). The van der Waals surface area contributed by atoms with Gasteiger partial charge in [0.15, 0.2) is 0 Å². The summed E-state index contributed by atoms with van der Waals surface area (Å²) < 4.78 is 5.28. The van der Waals surface area contributed by atoms with Crippen LogP contribution in [0.15, 0.2) is 9.64 Å². The third-order valence-electron chi connectivity index (χ3n) is 4.40. The molecule has 2 aliphatic heterocycles. The first-order valence-corrected chi connectivity index (χ1v) is 10.5. The minimum absolute atomic E-state index is 0.0910. The van der Waals surface area contributed by atoms with E-state index in [0.717, 1.165) is 6.42 Å². The molecule has 0 radical (unpaired) electrons. The molecule has 3 N–H and O–H groups in total. The molecule has 0 bridgehead atoms. The number of nitrogens with one attached hydrogen (secondary N) is 2. The first-order chi connectivity index (χ1) is 12.9. The van der Waals surface area contributed by atoms with Crippen molar-refractivity contribution in [2.75, 3.05) is 24.6 Å². The Morgan fingerprint density at radius 1 is 1.48 bits per heavy atom. The summed E-state index contributed by atoms with van der Waals surface area (Å²) in [6, 6.07) is -1.00. The number of aliphatic carboxylic acids is 1. The summed E-state index contributed by atoms with van der Waals surface area (Å²) in [7, 11) is 0. The molecular formula is C15H21N5O5S2. The number of urea groups is 1. The van der Waals surface area contributed by atoms with Crippen molar-refractivity contribution in [3.05, 3.63) is 5.89 Å². The van der Waals surface area contributed by atoms with E-state index in [9.17, 15) is 19.5 Å². The van der Waals surface area contributed by atoms with Gasteiger partial charge in [0, 0.05) is 31.5 Å². The fourth-order valence-corrected chi connectivity index (χ4v) is 5.54. The van der Waals surface area contributed by atoms with Gasteiger partial charge in [-0.05, 0) is 6.42 Å². The second kappa shape index (κ2) is 7.97. The van der Waals surface area contributed by atoms with Crippen molar-refractivity contribution in [1.82, 2.24) is 25.7 Å². The molecule has 1 aromatic rings. The van der Waals surface area contributed by atoms with E-state index in [2.05, 4.69) is 20.8 Å². The van der Waals surface area contributed by atoms with E-state index in [1.54, 1.807) is 6.92 Å². The third-order valence-corrected chi connectivity index (χ3v) is 7.10. The van der Waals surface area contributed by atoms with Crippen LogP contribution in [-0.2, 0) is 9.59 Å². The van der Waals surface area contributed by atoms with Gasteiger partial charge in [-0.25, -0.2) is 4.79 Å². The first kappa shape index (κ1) is 19.8. The molecule has 3 atom stereocenters. The number of carboxylic acids is 1. The van der Waals surface area contributed by atoms with Crippen LogP contribution in [0.5, 0.6) is 0 Å². The highest BCUT2D eigenvalue weighted by atomic mass is 32.2. The van der Waals surface area contributed by atoms with Crippen LogP contribution in [0.2, 0.25) is 0 Å². The predicted molar refractivity (Wildman–Crippen MR) is 98.4 cm³/mol. The van der Waals surface area contributed by atoms with Gasteiger partial charge in [0.25, 0.3) is 5.22 Å². The first-order valence-electron chi connectivity index (χ1n) is 8.49. The van der Waals surface area contributed by atoms with Gasteiger partial charge >= 0.3 is 12.0 Å². The zero-order chi connectivity index (χ0) is 19.6. The van der Waals surface area contributed by atoms with Crippen LogP contribution in [0.4, 0.5) is 4.79 Å². The van der Waals surface area contributed by atoms with E-state index in [4.69, 9.17) is 4.42 Å². The average Bonchev–Trinajstić information content (AvgIpc) is 3.07. The summed E-state index contributed by atoms with van der Waals surface area (Å²) in [5.74, 6) is -0.285. The monoisotopic (exact) mass is 415 g/mol. The number of amides is 3. The van der Waals surface area contributed by atoms with Crippen LogP contribution in [0.1, 0.15) is 19.2 Å². The minimum atomic E-state index is -1.11. The Labute approximate surface area is 164 Å². The SMILES string of the molecule is CCCNC(=O)NC1C(=O)N2CC(CSc3nnc(C)o3)(C(=O)O)CS[C@H]12. The van der Waals surface area contributed by atoms with Gasteiger partial charge in [-0.15, -0.1) is 22.0 Å². The number of β-lactam (4-membered cyclic amide) rings is 1. The Bertz CT molecular complexity index is 744. The number of rotatable bonds is 7. The van der Waals surface area contributed by atoms with Crippen LogP contribution in [0.25, 0.3) is 0 Å². The molecule has 3 amide bonds. The van der Waals surface area contributed by atoms with Crippen LogP contribution < -0.4 is 10.6 Å². The number of thioether (sulfide) groups is 2. The minimum Gasteiger partial charge on any atom is -0.481 e. The summed E-state index contributed by atoms with van der Waals surface area (Å²) in [5, 5.41) is 22.8. The van der Waals surface area contributed by atoms with Crippen molar-refractivity contribution in [2.45, 2.75) is 36.9 Å². The summed E-state index contributed by atoms with van der Waals surface area (Å²) >= 11 is 2.54. The number of aryl methyl sites for hydroxylation is 1. The number of hydrogen-bond donors (Lipinski definition) is 3. The molecule has 27 heavy (non-hydrogen) atoms. The van der Waals surface area contributed by atoms with Gasteiger partial charge in [-0.3, -0.25) is 9.59 Å². The van der Waals surface area contributed by atoms with Crippen LogP contribution >= 0.6 is 23.5 Å². The Hall–Kier alpha value is -1.95. The van der Waals surface area contributed by atoms with Gasteiger partial charge in [0.2, 0.25) is 11.8 Å². The lowest BCUT2D eigenvalue weighted by molar-refractivity contribution is -0.156. The normalized spacial score (nSPS) is 26.9. The number of carbonyl (C=O) groups is 3. The summed E-state index contributed by atoms with van der Waals surface area (Å²) in [5.41, 5.74) is -1.11. The van der Waals surface area contributed by atoms with Gasteiger partial charge in [0.05, 0.1) is 0 Å². The van der Waals surface area contributed by atoms with E-state index in [1.165, 1.54) is 28.4 Å². The highest BCUT2D eigenvalue weighted by Crippen LogP contribution is 2.44. The molecule has 2 aliphatic rings. The van der Waals surface area contributed by atoms with E-state index in [0.29, 0.717) is 23.4 Å². The topological polar surface area (TPSA) is 138 Å². The quantitative estimate of drug-likeness (QED) is 0.430. The molecule has 2 saturated heterocycles. The summed E-state index contributed by atoms with van der Waals surface area (Å²) in [6.07, 6.45) is 0.800. The summed E-state index contributed by atoms with van der Waals surface area (Å²) in [6.45, 7) is 4.22. The zero-order valence-corrected chi connectivity index (χ0v) is 16.6. The van der Waals surface area contributed by atoms with Crippen molar-refractivity contribution in [3.8, 4) is 0 Å². The second-order valence-electron chi connectivity index (χ2n) is 6.51. The van der Waals surface area contributed by atoms with E-state index in [-0.39, 0.29) is 29.6 Å². The molecular weight excluding hydrogens is 394 g/mol. The van der Waals surface area contributed by atoms with Crippen molar-refractivity contribution >= 4 is 41.4 Å². The lowest BCUT2D eigenvalue weighted by Gasteiger charge is -2.53. The van der Waals surface area contributed by atoms with Crippen molar-refractivity contribution in [1.29, 1.82) is 0 Å². The van der Waals surface area contributed by atoms with Gasteiger partial charge in [-0.2, -0.15) is 0 Å². The molecule has 0 aliphatic carbocycles. The Morgan fingerprint density at radius 3 is 2.89 bits per heavy atom. The van der Waals surface area contributed by atoms with E-state index < -0.39 is 17.4 Å². The standard InChI is InChI=1S/C15H21N5O5S2/c1-3-4-16-13(24)17-9-10(21)20-5-15(12(22)23,6-26-11(9)20)7-27-14-19-18-8(2)25-14/h9,11H,3-7H2,1-2H3,(H,22,23)(H2,16,17,24)/t9?,11-,15?/m1/s1. The molecule has 0 aromatic carbocycles. The number of nitrogens with zero attached hydrogens (tertiary/aromatic N) is 3. The van der Waals surface area contributed by atoms with E-state index >= 15 is 0 Å². The molecule has 148 valence electrons. The number of carboxylic acid groups (broad SMARTS) is 1. The van der Waals surface area contributed by atoms with Gasteiger partial charge < -0.3 is 25.1 Å². The molecule has 12 heteroatoms. The second-order valence-corrected chi connectivity index (χ2v) is 8.54. The Morgan fingerprint density at radius 2 is 2.26 bits per heavy atom. The highest BCUT2D eigenvalue weighted by Gasteiger charge is 2.57. The van der Waals surface area contributed by atoms with Crippen LogP contribution in [-0.4, -0.2) is 74.1 Å². The van der Waals surface area contributed by atoms with Crippen LogP contribution in [0.3, 0.4) is 0 Å². The van der Waals surface area contributed by atoms with Crippen molar-refractivity contribution in [2.24, 2.45) is 5.41 Å². The van der Waals surface area contributed by atoms with Gasteiger partial charge in [0.1, 0.15) is 16.8 Å². The largest absolute Gasteiger partial charge is 0.481 e. The van der Waals surface area contributed by atoms with Crippen molar-refractivity contribution in [3.63, 3.8) is 0 Å². The Kier molecular flexibility index (Phi) is 5.84. The average molecular weight is 415 g/mol. The number of aromatic nitrogens is 2. The number of hydrogen-bond acceptors (Lipinski definition) is 8. The fraction of sp³-hybridized carbons (Fsp3) is 0.667. The molecule has 0 saturated carbocycles. The van der Waals surface area contributed by atoms with Gasteiger partial charge in [-0.1, -0.05) is 18.7 Å². The predicted octanol–water partition coefficient (Wildman–Crippen LogP) is 0.534. The highest BCUT2D eigenvalue weighted by molar-refractivity contribution is 8.00. The third kappa shape index (κ3) is 4.00. The maximum Gasteiger partial charge on any atom is 0.315 e. The Balaban J connectivity index is 1.61. The maximum atomic E-state index is 12.4. The molecule has 2 fully saturated rings. The number of fused-ring (bicyclic) bond motifs is 1. The smallest absolute Gasteiger partial charge is 0.315 e. The fourth-order valence-electron chi connectivity index (χ4n) is 2.87. The zero-order valence-electron chi connectivity index (χ0n) is 14.9.